The zero-order valence-corrected chi connectivity index (χ0v) is 14.6. The molecule has 1 atom stereocenters. The van der Waals surface area contributed by atoms with Crippen molar-refractivity contribution >= 4 is 10.0 Å². The number of ether oxygens (including phenoxy) is 1. The van der Waals surface area contributed by atoms with E-state index in [1.807, 2.05) is 30.3 Å². The third-order valence-electron chi connectivity index (χ3n) is 4.17. The number of nitrogens with one attached hydrogen (secondary N) is 1. The highest BCUT2D eigenvalue weighted by Crippen LogP contribution is 2.21. The van der Waals surface area contributed by atoms with Crippen molar-refractivity contribution in [1.29, 1.82) is 0 Å². The van der Waals surface area contributed by atoms with E-state index in [0.29, 0.717) is 19.7 Å². The van der Waals surface area contributed by atoms with E-state index in [-0.39, 0.29) is 11.0 Å². The largest absolute Gasteiger partial charge is 0.371 e. The van der Waals surface area contributed by atoms with Crippen LogP contribution in [0.5, 0.6) is 0 Å². The van der Waals surface area contributed by atoms with Gasteiger partial charge in [-0.3, -0.25) is 4.90 Å². The van der Waals surface area contributed by atoms with Gasteiger partial charge in [0.1, 0.15) is 5.82 Å². The number of sulfonamides is 1. The lowest BCUT2D eigenvalue weighted by Gasteiger charge is -2.33. The fraction of sp³-hybridized carbons (Fsp3) is 0.333. The zero-order valence-electron chi connectivity index (χ0n) is 13.8. The van der Waals surface area contributed by atoms with Gasteiger partial charge in [-0.2, -0.15) is 0 Å². The highest BCUT2D eigenvalue weighted by atomic mass is 32.2. The Labute approximate surface area is 147 Å². The summed E-state index contributed by atoms with van der Waals surface area (Å²) < 4.78 is 45.7. The number of hydrogen-bond donors (Lipinski definition) is 1. The predicted molar refractivity (Wildman–Crippen MR) is 93.2 cm³/mol. The van der Waals surface area contributed by atoms with Crippen molar-refractivity contribution in [3.8, 4) is 0 Å². The van der Waals surface area contributed by atoms with Crippen molar-refractivity contribution < 1.29 is 17.5 Å². The zero-order chi connectivity index (χ0) is 17.7. The Morgan fingerprint density at radius 1 is 1.12 bits per heavy atom. The van der Waals surface area contributed by atoms with Crippen LogP contribution in [0.15, 0.2) is 59.5 Å². The van der Waals surface area contributed by atoms with E-state index in [4.69, 9.17) is 4.74 Å². The van der Waals surface area contributed by atoms with E-state index in [9.17, 15) is 12.8 Å². The lowest BCUT2D eigenvalue weighted by Crippen LogP contribution is -2.42. The van der Waals surface area contributed by atoms with Gasteiger partial charge >= 0.3 is 0 Å². The maximum Gasteiger partial charge on any atom is 0.240 e. The molecule has 1 N–H and O–H groups in total. The summed E-state index contributed by atoms with van der Waals surface area (Å²) in [6.07, 6.45) is 0.00338. The highest BCUT2D eigenvalue weighted by Gasteiger charge is 2.22. The van der Waals surface area contributed by atoms with Crippen molar-refractivity contribution in [2.75, 3.05) is 32.8 Å². The molecule has 1 aliphatic heterocycles. The first-order valence-electron chi connectivity index (χ1n) is 8.19. The number of morpholine rings is 1. The second-order valence-electron chi connectivity index (χ2n) is 5.92. The first-order valence-corrected chi connectivity index (χ1v) is 9.67. The highest BCUT2D eigenvalue weighted by molar-refractivity contribution is 7.89. The van der Waals surface area contributed by atoms with Gasteiger partial charge in [0, 0.05) is 26.2 Å². The second-order valence-corrected chi connectivity index (χ2v) is 7.69. The van der Waals surface area contributed by atoms with Crippen molar-refractivity contribution in [1.82, 2.24) is 9.62 Å². The molecule has 3 rings (SSSR count). The van der Waals surface area contributed by atoms with Crippen LogP contribution < -0.4 is 4.72 Å². The van der Waals surface area contributed by atoms with Crippen LogP contribution in [0.3, 0.4) is 0 Å². The summed E-state index contributed by atoms with van der Waals surface area (Å²) in [6.45, 7) is 2.99. The first kappa shape index (κ1) is 18.0. The summed E-state index contributed by atoms with van der Waals surface area (Å²) in [4.78, 5) is 2.24. The molecular weight excluding hydrogens is 343 g/mol. The molecule has 5 nitrogen and oxygen atoms in total. The van der Waals surface area contributed by atoms with Gasteiger partial charge < -0.3 is 4.74 Å². The number of halogens is 1. The van der Waals surface area contributed by atoms with Crippen LogP contribution in [-0.2, 0) is 14.8 Å². The molecule has 1 fully saturated rings. The Morgan fingerprint density at radius 3 is 2.56 bits per heavy atom. The van der Waals surface area contributed by atoms with E-state index in [2.05, 4.69) is 9.62 Å². The van der Waals surface area contributed by atoms with Crippen molar-refractivity contribution in [3.63, 3.8) is 0 Å². The minimum atomic E-state index is -3.62. The summed E-state index contributed by atoms with van der Waals surface area (Å²) in [7, 11) is -3.62. The molecule has 25 heavy (non-hydrogen) atoms. The third kappa shape index (κ3) is 4.85. The van der Waals surface area contributed by atoms with Gasteiger partial charge in [0.25, 0.3) is 0 Å². The number of benzene rings is 2. The summed E-state index contributed by atoms with van der Waals surface area (Å²) in [5.41, 5.74) is 1.12. The fourth-order valence-electron chi connectivity index (χ4n) is 2.81. The molecule has 0 radical (unpaired) electrons. The molecule has 0 unspecified atom stereocenters. The molecule has 1 saturated heterocycles. The molecule has 134 valence electrons. The Kier molecular flexibility index (Phi) is 5.80. The third-order valence-corrected chi connectivity index (χ3v) is 5.64. The van der Waals surface area contributed by atoms with Crippen LogP contribution in [0.4, 0.5) is 4.39 Å². The predicted octanol–water partition coefficient (Wildman–Crippen LogP) is 2.18. The standard InChI is InChI=1S/C18H21FN2O3S/c19-16-6-8-17(9-7-16)25(22,23)20-10-11-21-12-13-24-18(14-21)15-4-2-1-3-5-15/h1-9,18,20H,10-14H2/t18-/m1/s1. The molecule has 0 bridgehead atoms. The lowest BCUT2D eigenvalue weighted by atomic mass is 10.1. The Balaban J connectivity index is 1.52. The topological polar surface area (TPSA) is 58.6 Å². The molecule has 2 aromatic carbocycles. The van der Waals surface area contributed by atoms with Crippen LogP contribution >= 0.6 is 0 Å². The number of nitrogens with zero attached hydrogens (tertiary/aromatic N) is 1. The molecule has 0 spiro atoms. The molecule has 2 aromatic rings. The van der Waals surface area contributed by atoms with Gasteiger partial charge in [0.05, 0.1) is 17.6 Å². The maximum absolute atomic E-state index is 12.9. The normalized spacial score (nSPS) is 19.0. The quantitative estimate of drug-likeness (QED) is 0.854. The van der Waals surface area contributed by atoms with E-state index in [1.54, 1.807) is 0 Å². The van der Waals surface area contributed by atoms with E-state index < -0.39 is 15.8 Å². The van der Waals surface area contributed by atoms with Gasteiger partial charge in [0.15, 0.2) is 0 Å². The monoisotopic (exact) mass is 364 g/mol. The van der Waals surface area contributed by atoms with E-state index in [0.717, 1.165) is 30.8 Å². The maximum atomic E-state index is 12.9. The molecule has 1 heterocycles. The van der Waals surface area contributed by atoms with Gasteiger partial charge in [-0.25, -0.2) is 17.5 Å². The minimum Gasteiger partial charge on any atom is -0.371 e. The number of rotatable bonds is 6. The Hall–Kier alpha value is -1.80. The van der Waals surface area contributed by atoms with Crippen LogP contribution in [-0.4, -0.2) is 46.1 Å². The van der Waals surface area contributed by atoms with Crippen LogP contribution in [0.2, 0.25) is 0 Å². The summed E-state index contributed by atoms with van der Waals surface area (Å²) >= 11 is 0. The van der Waals surface area contributed by atoms with Gasteiger partial charge in [0.2, 0.25) is 10.0 Å². The van der Waals surface area contributed by atoms with Crippen molar-refractivity contribution in [3.05, 3.63) is 66.0 Å². The molecule has 0 saturated carbocycles. The van der Waals surface area contributed by atoms with Crippen molar-refractivity contribution in [2.24, 2.45) is 0 Å². The van der Waals surface area contributed by atoms with Crippen molar-refractivity contribution in [2.45, 2.75) is 11.0 Å². The molecule has 0 aromatic heterocycles. The van der Waals surface area contributed by atoms with Crippen LogP contribution in [0.25, 0.3) is 0 Å². The fourth-order valence-corrected chi connectivity index (χ4v) is 3.83. The smallest absolute Gasteiger partial charge is 0.240 e. The van der Waals surface area contributed by atoms with Gasteiger partial charge in [-0.05, 0) is 29.8 Å². The summed E-state index contributed by atoms with van der Waals surface area (Å²) in [6, 6.07) is 14.8. The molecular formula is C18H21FN2O3S. The average molecular weight is 364 g/mol. The van der Waals surface area contributed by atoms with Crippen LogP contribution in [0.1, 0.15) is 11.7 Å². The Bertz CT molecular complexity index is 782. The molecule has 0 aliphatic carbocycles. The molecule has 7 heteroatoms. The van der Waals surface area contributed by atoms with Crippen LogP contribution in [0, 0.1) is 5.82 Å². The average Bonchev–Trinajstić information content (AvgIpc) is 2.63. The van der Waals surface area contributed by atoms with Gasteiger partial charge in [-0.15, -0.1) is 0 Å². The van der Waals surface area contributed by atoms with E-state index in [1.165, 1.54) is 12.1 Å². The second kappa shape index (κ2) is 8.05. The molecule has 0 amide bonds. The SMILES string of the molecule is O=S(=O)(NCCN1CCO[C@@H](c2ccccc2)C1)c1ccc(F)cc1. The number of hydrogen-bond acceptors (Lipinski definition) is 4. The van der Waals surface area contributed by atoms with Gasteiger partial charge in [-0.1, -0.05) is 30.3 Å². The first-order chi connectivity index (χ1) is 12.0. The summed E-state index contributed by atoms with van der Waals surface area (Å²) in [5.74, 6) is -0.459. The Morgan fingerprint density at radius 2 is 1.84 bits per heavy atom. The molecule has 1 aliphatic rings. The lowest BCUT2D eigenvalue weighted by molar-refractivity contribution is -0.0291. The summed E-state index contributed by atoms with van der Waals surface area (Å²) in [5, 5.41) is 0. The van der Waals surface area contributed by atoms with E-state index >= 15 is 0 Å². The minimum absolute atomic E-state index is 0.00338.